The van der Waals surface area contributed by atoms with Gasteiger partial charge in [-0.05, 0) is 0 Å². The molecule has 1 fully saturated rings. The topological polar surface area (TPSA) is 86.7 Å². The fourth-order valence-corrected chi connectivity index (χ4v) is 2.45. The zero-order valence-corrected chi connectivity index (χ0v) is 9.75. The van der Waals surface area contributed by atoms with Crippen molar-refractivity contribution in [3.05, 3.63) is 0 Å². The van der Waals surface area contributed by atoms with Crippen molar-refractivity contribution in [1.29, 1.82) is 0 Å². The molecule has 0 aromatic heterocycles. The molecule has 0 radical (unpaired) electrons. The molecule has 0 spiro atoms. The summed E-state index contributed by atoms with van der Waals surface area (Å²) in [5, 5.41) is 11.3. The second-order valence-electron chi connectivity index (χ2n) is 3.43. The highest BCUT2D eigenvalue weighted by molar-refractivity contribution is 7.99. The zero-order chi connectivity index (χ0) is 12.1. The van der Waals surface area contributed by atoms with E-state index in [0.29, 0.717) is 12.3 Å². The Labute approximate surface area is 97.4 Å². The maximum absolute atomic E-state index is 11.7. The Morgan fingerprint density at radius 1 is 1.50 bits per heavy atom. The number of amides is 2. The van der Waals surface area contributed by atoms with Crippen LogP contribution in [0.3, 0.4) is 0 Å². The van der Waals surface area contributed by atoms with Gasteiger partial charge < -0.3 is 15.3 Å². The van der Waals surface area contributed by atoms with E-state index >= 15 is 0 Å². The third-order valence-corrected chi connectivity index (χ3v) is 3.25. The summed E-state index contributed by atoms with van der Waals surface area (Å²) in [6.07, 6.45) is 0. The van der Waals surface area contributed by atoms with E-state index in [2.05, 4.69) is 5.32 Å². The molecule has 0 aromatic carbocycles. The van der Waals surface area contributed by atoms with Crippen LogP contribution in [-0.2, 0) is 14.4 Å². The molecule has 0 saturated carbocycles. The molecule has 1 atom stereocenters. The Balaban J connectivity index is 2.57. The van der Waals surface area contributed by atoms with Crippen molar-refractivity contribution >= 4 is 29.5 Å². The summed E-state index contributed by atoms with van der Waals surface area (Å²) in [6, 6.07) is -0.778. The summed E-state index contributed by atoms with van der Waals surface area (Å²) in [4.78, 5) is 34.5. The molecule has 0 bridgehead atoms. The van der Waals surface area contributed by atoms with E-state index in [9.17, 15) is 14.4 Å². The van der Waals surface area contributed by atoms with Crippen LogP contribution in [0.4, 0.5) is 0 Å². The van der Waals surface area contributed by atoms with E-state index in [1.54, 1.807) is 0 Å². The predicted molar refractivity (Wildman–Crippen MR) is 59.1 cm³/mol. The Kier molecular flexibility index (Phi) is 4.60. The first kappa shape index (κ1) is 12.8. The number of carbonyl (C=O) groups is 3. The van der Waals surface area contributed by atoms with Crippen LogP contribution >= 0.6 is 11.8 Å². The van der Waals surface area contributed by atoms with Gasteiger partial charge in [-0.1, -0.05) is 0 Å². The van der Waals surface area contributed by atoms with Gasteiger partial charge in [0.15, 0.2) is 0 Å². The van der Waals surface area contributed by atoms with E-state index in [1.807, 2.05) is 0 Å². The molecule has 1 saturated heterocycles. The Morgan fingerprint density at radius 2 is 2.19 bits per heavy atom. The molecule has 1 aliphatic rings. The van der Waals surface area contributed by atoms with Gasteiger partial charge in [-0.2, -0.15) is 11.8 Å². The van der Waals surface area contributed by atoms with Gasteiger partial charge in [0.25, 0.3) is 0 Å². The highest BCUT2D eigenvalue weighted by atomic mass is 32.2. The van der Waals surface area contributed by atoms with Gasteiger partial charge in [0.05, 0.1) is 6.54 Å². The lowest BCUT2D eigenvalue weighted by Crippen LogP contribution is -2.52. The van der Waals surface area contributed by atoms with E-state index in [-0.39, 0.29) is 18.4 Å². The minimum Gasteiger partial charge on any atom is -0.480 e. The fraction of sp³-hybridized carbons (Fsp3) is 0.667. The first-order chi connectivity index (χ1) is 7.52. The smallest absolute Gasteiger partial charge is 0.327 e. The standard InChI is InChI=1S/C9H14N2O4S/c1-6(12)10-4-8(13)11-2-3-16-5-7(11)9(14)15/h7H,2-5H2,1H3,(H,10,12)(H,14,15). The highest BCUT2D eigenvalue weighted by Crippen LogP contribution is 2.16. The van der Waals surface area contributed by atoms with E-state index in [0.717, 1.165) is 5.75 Å². The summed E-state index contributed by atoms with van der Waals surface area (Å²) in [7, 11) is 0. The second-order valence-corrected chi connectivity index (χ2v) is 4.58. The number of aliphatic carboxylic acids is 1. The quantitative estimate of drug-likeness (QED) is 0.677. The molecule has 90 valence electrons. The third kappa shape index (κ3) is 3.41. The van der Waals surface area contributed by atoms with Gasteiger partial charge in [-0.3, -0.25) is 9.59 Å². The summed E-state index contributed by atoms with van der Waals surface area (Å²) >= 11 is 1.51. The van der Waals surface area contributed by atoms with Crippen molar-refractivity contribution in [2.75, 3.05) is 24.6 Å². The van der Waals surface area contributed by atoms with Crippen LogP contribution in [0.15, 0.2) is 0 Å². The van der Waals surface area contributed by atoms with Crippen molar-refractivity contribution in [1.82, 2.24) is 10.2 Å². The van der Waals surface area contributed by atoms with Gasteiger partial charge in [0.1, 0.15) is 6.04 Å². The first-order valence-corrected chi connectivity index (χ1v) is 6.02. The largest absolute Gasteiger partial charge is 0.480 e. The lowest BCUT2D eigenvalue weighted by molar-refractivity contribution is -0.149. The van der Waals surface area contributed by atoms with E-state index in [1.165, 1.54) is 23.6 Å². The number of nitrogens with one attached hydrogen (secondary N) is 1. The molecule has 16 heavy (non-hydrogen) atoms. The number of carboxylic acids is 1. The van der Waals surface area contributed by atoms with Gasteiger partial charge in [-0.25, -0.2) is 4.79 Å². The predicted octanol–water partition coefficient (Wildman–Crippen LogP) is -0.849. The van der Waals surface area contributed by atoms with Crippen molar-refractivity contribution in [2.45, 2.75) is 13.0 Å². The highest BCUT2D eigenvalue weighted by Gasteiger charge is 2.31. The van der Waals surface area contributed by atoms with Crippen LogP contribution in [0.5, 0.6) is 0 Å². The molecule has 1 unspecified atom stereocenters. The summed E-state index contributed by atoms with van der Waals surface area (Å²) in [6.45, 7) is 1.60. The first-order valence-electron chi connectivity index (χ1n) is 4.87. The summed E-state index contributed by atoms with van der Waals surface area (Å²) in [5.41, 5.74) is 0. The molecule has 0 aromatic rings. The maximum Gasteiger partial charge on any atom is 0.327 e. The molecule has 2 amide bonds. The zero-order valence-electron chi connectivity index (χ0n) is 8.93. The number of rotatable bonds is 3. The van der Waals surface area contributed by atoms with Crippen LogP contribution in [0.1, 0.15) is 6.92 Å². The number of hydrogen-bond donors (Lipinski definition) is 2. The molecule has 0 aliphatic carbocycles. The van der Waals surface area contributed by atoms with E-state index in [4.69, 9.17) is 5.11 Å². The molecule has 2 N–H and O–H groups in total. The molecular formula is C9H14N2O4S. The van der Waals surface area contributed by atoms with Crippen molar-refractivity contribution in [2.24, 2.45) is 0 Å². The van der Waals surface area contributed by atoms with E-state index < -0.39 is 12.0 Å². The van der Waals surface area contributed by atoms with Crippen LogP contribution in [0.2, 0.25) is 0 Å². The SMILES string of the molecule is CC(=O)NCC(=O)N1CCSCC1C(=O)O. The molecule has 7 heteroatoms. The summed E-state index contributed by atoms with van der Waals surface area (Å²) < 4.78 is 0. The second kappa shape index (κ2) is 5.74. The minimum absolute atomic E-state index is 0.135. The monoisotopic (exact) mass is 246 g/mol. The Hall–Kier alpha value is -1.24. The Bertz CT molecular complexity index is 308. The lowest BCUT2D eigenvalue weighted by atomic mass is 10.2. The number of thioether (sulfide) groups is 1. The van der Waals surface area contributed by atoms with Crippen LogP contribution in [-0.4, -0.2) is 58.4 Å². The maximum atomic E-state index is 11.7. The third-order valence-electron chi connectivity index (χ3n) is 2.22. The molecule has 1 aliphatic heterocycles. The fourth-order valence-electron chi connectivity index (χ4n) is 1.41. The summed E-state index contributed by atoms with van der Waals surface area (Å²) in [5.74, 6) is -0.505. The molecular weight excluding hydrogens is 232 g/mol. The van der Waals surface area contributed by atoms with Crippen molar-refractivity contribution in [3.8, 4) is 0 Å². The minimum atomic E-state index is -0.997. The molecule has 6 nitrogen and oxygen atoms in total. The van der Waals surface area contributed by atoms with Gasteiger partial charge >= 0.3 is 5.97 Å². The number of carbonyl (C=O) groups excluding carboxylic acids is 2. The van der Waals surface area contributed by atoms with Gasteiger partial charge in [0.2, 0.25) is 11.8 Å². The number of carboxylic acid groups (broad SMARTS) is 1. The van der Waals surface area contributed by atoms with Crippen LogP contribution in [0, 0.1) is 0 Å². The average molecular weight is 246 g/mol. The van der Waals surface area contributed by atoms with Crippen LogP contribution in [0.25, 0.3) is 0 Å². The van der Waals surface area contributed by atoms with Crippen molar-refractivity contribution in [3.63, 3.8) is 0 Å². The normalized spacial score (nSPS) is 20.3. The number of hydrogen-bond acceptors (Lipinski definition) is 4. The Morgan fingerprint density at radius 3 is 2.75 bits per heavy atom. The average Bonchev–Trinajstić information content (AvgIpc) is 2.25. The number of nitrogens with zero attached hydrogens (tertiary/aromatic N) is 1. The molecule has 1 rings (SSSR count). The van der Waals surface area contributed by atoms with Gasteiger partial charge in [0, 0.05) is 25.0 Å². The van der Waals surface area contributed by atoms with Gasteiger partial charge in [-0.15, -0.1) is 0 Å². The molecule has 1 heterocycles. The lowest BCUT2D eigenvalue weighted by Gasteiger charge is -2.32. The van der Waals surface area contributed by atoms with Crippen LogP contribution < -0.4 is 5.32 Å². The van der Waals surface area contributed by atoms with Crippen molar-refractivity contribution < 1.29 is 19.5 Å².